The lowest BCUT2D eigenvalue weighted by molar-refractivity contribution is 0.462. The summed E-state index contributed by atoms with van der Waals surface area (Å²) in [7, 11) is 0. The smallest absolute Gasteiger partial charge is 0.277 e. The summed E-state index contributed by atoms with van der Waals surface area (Å²) < 4.78 is 16.6. The maximum atomic E-state index is 5.70. The van der Waals surface area contributed by atoms with E-state index in [1.54, 1.807) is 12.3 Å². The van der Waals surface area contributed by atoms with Crippen LogP contribution in [0.1, 0.15) is 17.2 Å². The molecule has 0 spiro atoms. The summed E-state index contributed by atoms with van der Waals surface area (Å²) in [5.41, 5.74) is 2.83. The fraction of sp³-hybridized carbons (Fsp3) is 0.176. The van der Waals surface area contributed by atoms with E-state index >= 15 is 0 Å². The minimum Gasteiger partial charge on any atom is -0.469 e. The molecule has 4 aromatic rings. The Labute approximate surface area is 147 Å². The van der Waals surface area contributed by atoms with Crippen LogP contribution in [0.15, 0.2) is 55.1 Å². The molecule has 0 aliphatic heterocycles. The lowest BCUT2D eigenvalue weighted by Crippen LogP contribution is -1.80. The topological polar surface area (TPSA) is 91.0 Å². The van der Waals surface area contributed by atoms with Gasteiger partial charge in [0.15, 0.2) is 0 Å². The van der Waals surface area contributed by atoms with Crippen LogP contribution < -0.4 is 0 Å². The zero-order valence-corrected chi connectivity index (χ0v) is 14.4. The van der Waals surface area contributed by atoms with Crippen LogP contribution in [0.5, 0.6) is 0 Å². The van der Waals surface area contributed by atoms with Crippen molar-refractivity contribution in [2.45, 2.75) is 24.8 Å². The number of furan rings is 1. The van der Waals surface area contributed by atoms with Gasteiger partial charge in [-0.25, -0.2) is 0 Å². The van der Waals surface area contributed by atoms with Gasteiger partial charge in [-0.15, -0.1) is 20.4 Å². The third-order valence-electron chi connectivity index (χ3n) is 3.55. The molecule has 0 fully saturated rings. The van der Waals surface area contributed by atoms with Gasteiger partial charge >= 0.3 is 0 Å². The maximum Gasteiger partial charge on any atom is 0.277 e. The van der Waals surface area contributed by atoms with E-state index in [-0.39, 0.29) is 0 Å². The Balaban J connectivity index is 1.44. The number of nitrogens with zero attached hydrogens (tertiary/aromatic N) is 4. The Bertz CT molecular complexity index is 1000. The molecule has 4 rings (SSSR count). The maximum absolute atomic E-state index is 5.70. The molecule has 0 atom stereocenters. The van der Waals surface area contributed by atoms with Crippen molar-refractivity contribution >= 4 is 11.8 Å². The third-order valence-corrected chi connectivity index (χ3v) is 4.35. The van der Waals surface area contributed by atoms with Gasteiger partial charge in [0.2, 0.25) is 11.8 Å². The molecule has 8 heteroatoms. The van der Waals surface area contributed by atoms with Gasteiger partial charge in [-0.2, -0.15) is 0 Å². The minimum atomic E-state index is 0.430. The highest BCUT2D eigenvalue weighted by Gasteiger charge is 2.15. The molecular weight excluding hydrogens is 340 g/mol. The highest BCUT2D eigenvalue weighted by molar-refractivity contribution is 7.98. The lowest BCUT2D eigenvalue weighted by Gasteiger charge is -1.96. The predicted molar refractivity (Wildman–Crippen MR) is 90.8 cm³/mol. The molecule has 7 nitrogen and oxygen atoms in total. The summed E-state index contributed by atoms with van der Waals surface area (Å²) in [6.45, 7) is 3.86. The fourth-order valence-corrected chi connectivity index (χ4v) is 2.91. The standard InChI is InChI=1S/C17H14N4O3S/c1-10-4-3-5-12(8-10)15-19-18-14(23-15)9-25-17-21-20-16(24-17)13-6-7-22-11(13)2/h3-8H,9H2,1-2H3. The fourth-order valence-electron chi connectivity index (χ4n) is 2.31. The first kappa shape index (κ1) is 15.6. The Morgan fingerprint density at radius 1 is 0.960 bits per heavy atom. The molecular formula is C17H14N4O3S. The molecule has 0 bridgehead atoms. The molecule has 0 unspecified atom stereocenters. The molecule has 0 aliphatic rings. The second-order valence-electron chi connectivity index (χ2n) is 5.42. The second kappa shape index (κ2) is 6.56. The van der Waals surface area contributed by atoms with Gasteiger partial charge in [0.25, 0.3) is 11.1 Å². The van der Waals surface area contributed by atoms with Crippen LogP contribution in [-0.4, -0.2) is 20.4 Å². The van der Waals surface area contributed by atoms with Crippen molar-refractivity contribution in [1.82, 2.24) is 20.4 Å². The Hall–Kier alpha value is -2.87. The van der Waals surface area contributed by atoms with Gasteiger partial charge < -0.3 is 13.3 Å². The second-order valence-corrected chi connectivity index (χ2v) is 6.35. The summed E-state index contributed by atoms with van der Waals surface area (Å²) in [4.78, 5) is 0. The van der Waals surface area contributed by atoms with Crippen LogP contribution in [-0.2, 0) is 5.75 Å². The molecule has 3 heterocycles. The normalized spacial score (nSPS) is 11.1. The van der Waals surface area contributed by atoms with E-state index in [1.165, 1.54) is 11.8 Å². The minimum absolute atomic E-state index is 0.430. The molecule has 126 valence electrons. The Morgan fingerprint density at radius 2 is 1.84 bits per heavy atom. The van der Waals surface area contributed by atoms with Crippen LogP contribution in [0.25, 0.3) is 22.9 Å². The number of hydrogen-bond acceptors (Lipinski definition) is 8. The molecule has 0 amide bonds. The van der Waals surface area contributed by atoms with E-state index in [1.807, 2.05) is 38.1 Å². The summed E-state index contributed by atoms with van der Waals surface area (Å²) in [5.74, 6) is 2.62. The molecule has 1 aromatic carbocycles. The van der Waals surface area contributed by atoms with Crippen LogP contribution in [0, 0.1) is 13.8 Å². The molecule has 0 saturated carbocycles. The monoisotopic (exact) mass is 354 g/mol. The molecule has 25 heavy (non-hydrogen) atoms. The quantitative estimate of drug-likeness (QED) is 0.490. The number of benzene rings is 1. The van der Waals surface area contributed by atoms with Gasteiger partial charge in [-0.05, 0) is 32.0 Å². The summed E-state index contributed by atoms with van der Waals surface area (Å²) in [6.07, 6.45) is 1.59. The number of thioether (sulfide) groups is 1. The average Bonchev–Trinajstić information content (AvgIpc) is 3.33. The van der Waals surface area contributed by atoms with Crippen LogP contribution >= 0.6 is 11.8 Å². The van der Waals surface area contributed by atoms with E-state index in [0.29, 0.717) is 28.6 Å². The van der Waals surface area contributed by atoms with E-state index in [4.69, 9.17) is 13.3 Å². The zero-order chi connectivity index (χ0) is 17.2. The van der Waals surface area contributed by atoms with Crippen molar-refractivity contribution in [3.8, 4) is 22.9 Å². The molecule has 0 saturated heterocycles. The number of aryl methyl sites for hydroxylation is 2. The van der Waals surface area contributed by atoms with Gasteiger partial charge in [0, 0.05) is 5.56 Å². The van der Waals surface area contributed by atoms with Gasteiger partial charge in [-0.3, -0.25) is 0 Å². The predicted octanol–water partition coefficient (Wildman–Crippen LogP) is 4.29. The van der Waals surface area contributed by atoms with Crippen molar-refractivity contribution in [3.05, 3.63) is 53.8 Å². The average molecular weight is 354 g/mol. The highest BCUT2D eigenvalue weighted by Crippen LogP contribution is 2.28. The van der Waals surface area contributed by atoms with Crippen molar-refractivity contribution in [2.24, 2.45) is 0 Å². The zero-order valence-electron chi connectivity index (χ0n) is 13.6. The summed E-state index contributed by atoms with van der Waals surface area (Å²) in [5, 5.41) is 16.6. The first-order chi connectivity index (χ1) is 12.2. The molecule has 3 aromatic heterocycles. The summed E-state index contributed by atoms with van der Waals surface area (Å²) >= 11 is 1.34. The summed E-state index contributed by atoms with van der Waals surface area (Å²) in [6, 6.07) is 9.72. The molecule has 0 radical (unpaired) electrons. The number of hydrogen-bond donors (Lipinski definition) is 0. The van der Waals surface area contributed by atoms with Gasteiger partial charge in [0.1, 0.15) is 5.76 Å². The van der Waals surface area contributed by atoms with Crippen molar-refractivity contribution in [3.63, 3.8) is 0 Å². The van der Waals surface area contributed by atoms with Crippen LogP contribution in [0.2, 0.25) is 0 Å². The van der Waals surface area contributed by atoms with Crippen LogP contribution in [0.3, 0.4) is 0 Å². The highest BCUT2D eigenvalue weighted by atomic mass is 32.2. The van der Waals surface area contributed by atoms with Crippen molar-refractivity contribution in [1.29, 1.82) is 0 Å². The van der Waals surface area contributed by atoms with Gasteiger partial charge in [-0.1, -0.05) is 29.5 Å². The van der Waals surface area contributed by atoms with Crippen molar-refractivity contribution < 1.29 is 13.3 Å². The molecule has 0 aliphatic carbocycles. The Morgan fingerprint density at radius 3 is 2.64 bits per heavy atom. The molecule has 0 N–H and O–H groups in total. The number of aromatic nitrogens is 4. The van der Waals surface area contributed by atoms with E-state index in [0.717, 1.165) is 22.5 Å². The lowest BCUT2D eigenvalue weighted by atomic mass is 10.1. The van der Waals surface area contributed by atoms with E-state index in [9.17, 15) is 0 Å². The first-order valence-electron chi connectivity index (χ1n) is 7.59. The van der Waals surface area contributed by atoms with Gasteiger partial charge in [0.05, 0.1) is 17.6 Å². The number of rotatable bonds is 5. The van der Waals surface area contributed by atoms with E-state index < -0.39 is 0 Å². The van der Waals surface area contributed by atoms with E-state index in [2.05, 4.69) is 20.4 Å². The first-order valence-corrected chi connectivity index (χ1v) is 8.58. The SMILES string of the molecule is Cc1cccc(-c2nnc(CSc3nnc(-c4ccoc4C)o3)o2)c1. The van der Waals surface area contributed by atoms with Crippen LogP contribution in [0.4, 0.5) is 0 Å². The van der Waals surface area contributed by atoms with Crippen molar-refractivity contribution in [2.75, 3.05) is 0 Å². The Kier molecular flexibility index (Phi) is 4.10. The largest absolute Gasteiger partial charge is 0.469 e. The third kappa shape index (κ3) is 3.34.